The van der Waals surface area contributed by atoms with Crippen LogP contribution in [0.4, 0.5) is 11.5 Å². The molecule has 0 bridgehead atoms. The number of likely N-dealkylation sites (tertiary alicyclic amines) is 1. The number of carbonyl (C=O) groups excluding carboxylic acids is 2. The number of pyridine rings is 1. The summed E-state index contributed by atoms with van der Waals surface area (Å²) in [6.45, 7) is 1.75. The zero-order valence-corrected chi connectivity index (χ0v) is 21.2. The summed E-state index contributed by atoms with van der Waals surface area (Å²) in [6.07, 6.45) is 3.73. The Morgan fingerprint density at radius 1 is 1.03 bits per heavy atom. The quantitative estimate of drug-likeness (QED) is 0.277. The van der Waals surface area contributed by atoms with Gasteiger partial charge in [-0.1, -0.05) is 23.7 Å². The van der Waals surface area contributed by atoms with E-state index in [9.17, 15) is 9.59 Å². The molecule has 2 heterocycles. The van der Waals surface area contributed by atoms with Crippen molar-refractivity contribution in [3.63, 3.8) is 0 Å². The molecule has 3 N–H and O–H groups in total. The molecule has 0 spiro atoms. The molecular formula is C25H23BrClN5O3. The predicted octanol–water partition coefficient (Wildman–Crippen LogP) is 5.43. The van der Waals surface area contributed by atoms with E-state index in [0.29, 0.717) is 17.2 Å². The van der Waals surface area contributed by atoms with E-state index in [2.05, 4.69) is 31.5 Å². The third kappa shape index (κ3) is 5.80. The number of nitrogens with one attached hydrogen (secondary N) is 3. The first-order chi connectivity index (χ1) is 16.9. The van der Waals surface area contributed by atoms with Crippen molar-refractivity contribution in [1.82, 2.24) is 9.88 Å². The maximum atomic E-state index is 13.1. The van der Waals surface area contributed by atoms with Crippen molar-refractivity contribution in [1.29, 1.82) is 5.41 Å². The zero-order valence-electron chi connectivity index (χ0n) is 18.9. The van der Waals surface area contributed by atoms with Crippen LogP contribution < -0.4 is 15.4 Å². The first-order valence-corrected chi connectivity index (χ1v) is 12.1. The first-order valence-electron chi connectivity index (χ1n) is 10.9. The van der Waals surface area contributed by atoms with Crippen molar-refractivity contribution in [2.75, 3.05) is 30.8 Å². The summed E-state index contributed by atoms with van der Waals surface area (Å²) >= 11 is 9.51. The normalized spacial score (nSPS) is 12.8. The van der Waals surface area contributed by atoms with Crippen LogP contribution in [0.3, 0.4) is 0 Å². The number of ether oxygens (including phenoxy) is 1. The molecule has 1 fully saturated rings. The SMILES string of the molecule is COc1cc(Cl)cc(C(=O)Nc2ccc(Br)cn2)c1NC(=O)c1ccc(C(=N)N2CCCC2)cc1. The summed E-state index contributed by atoms with van der Waals surface area (Å²) in [7, 11) is 1.43. The van der Waals surface area contributed by atoms with Gasteiger partial charge in [-0.05, 0) is 59.1 Å². The van der Waals surface area contributed by atoms with Crippen molar-refractivity contribution in [3.05, 3.63) is 80.9 Å². The largest absolute Gasteiger partial charge is 0.494 e. The molecule has 180 valence electrons. The summed E-state index contributed by atoms with van der Waals surface area (Å²) < 4.78 is 6.17. The molecule has 0 atom stereocenters. The van der Waals surface area contributed by atoms with Gasteiger partial charge in [-0.25, -0.2) is 4.98 Å². The van der Waals surface area contributed by atoms with Crippen molar-refractivity contribution in [3.8, 4) is 5.75 Å². The van der Waals surface area contributed by atoms with E-state index in [0.717, 1.165) is 36.0 Å². The van der Waals surface area contributed by atoms with Gasteiger partial charge < -0.3 is 20.3 Å². The van der Waals surface area contributed by atoms with Crippen LogP contribution in [-0.2, 0) is 0 Å². The standard InChI is InChI=1S/C25H23BrClN5O3/c1-35-20-13-18(27)12-19(25(34)30-21-9-8-17(26)14-29-21)22(20)31-24(33)16-6-4-15(5-7-16)23(28)32-10-2-3-11-32/h4-9,12-14,28H,2-3,10-11H2,1H3,(H,31,33)(H,29,30,34). The smallest absolute Gasteiger partial charge is 0.259 e. The minimum Gasteiger partial charge on any atom is -0.494 e. The second-order valence-corrected chi connectivity index (χ2v) is 9.27. The molecule has 2 amide bonds. The first kappa shape index (κ1) is 24.7. The molecule has 2 aromatic carbocycles. The average Bonchev–Trinajstić information content (AvgIpc) is 3.41. The van der Waals surface area contributed by atoms with Gasteiger partial charge >= 0.3 is 0 Å². The van der Waals surface area contributed by atoms with Crippen molar-refractivity contribution in [2.45, 2.75) is 12.8 Å². The number of benzene rings is 2. The highest BCUT2D eigenvalue weighted by molar-refractivity contribution is 9.10. The van der Waals surface area contributed by atoms with Gasteiger partial charge in [0, 0.05) is 46.0 Å². The number of hydrogen-bond acceptors (Lipinski definition) is 5. The van der Waals surface area contributed by atoms with Gasteiger partial charge in [0.1, 0.15) is 17.4 Å². The van der Waals surface area contributed by atoms with Gasteiger partial charge in [0.05, 0.1) is 18.4 Å². The topological polar surface area (TPSA) is 107 Å². The molecule has 0 saturated carbocycles. The molecule has 35 heavy (non-hydrogen) atoms. The van der Waals surface area contributed by atoms with Crippen LogP contribution in [0.5, 0.6) is 5.75 Å². The van der Waals surface area contributed by atoms with Crippen LogP contribution in [0.2, 0.25) is 5.02 Å². The number of amides is 2. The van der Waals surface area contributed by atoms with Crippen LogP contribution in [0.1, 0.15) is 39.1 Å². The van der Waals surface area contributed by atoms with Crippen molar-refractivity contribution >= 4 is 56.7 Å². The number of carbonyl (C=O) groups is 2. The molecule has 10 heteroatoms. The Balaban J connectivity index is 1.56. The van der Waals surface area contributed by atoms with Gasteiger partial charge in [0.15, 0.2) is 0 Å². The fourth-order valence-electron chi connectivity index (χ4n) is 3.77. The average molecular weight is 557 g/mol. The van der Waals surface area contributed by atoms with Crippen LogP contribution in [0.25, 0.3) is 0 Å². The second-order valence-electron chi connectivity index (χ2n) is 7.92. The minimum absolute atomic E-state index is 0.125. The van der Waals surface area contributed by atoms with Crippen molar-refractivity contribution < 1.29 is 14.3 Å². The van der Waals surface area contributed by atoms with Gasteiger partial charge in [-0.2, -0.15) is 0 Å². The maximum Gasteiger partial charge on any atom is 0.259 e. The molecule has 1 aliphatic heterocycles. The molecule has 3 aromatic rings. The van der Waals surface area contributed by atoms with Gasteiger partial charge in [0.25, 0.3) is 11.8 Å². The Morgan fingerprint density at radius 2 is 1.71 bits per heavy atom. The Hall–Kier alpha value is -3.43. The monoisotopic (exact) mass is 555 g/mol. The highest BCUT2D eigenvalue weighted by Crippen LogP contribution is 2.33. The molecular weight excluding hydrogens is 534 g/mol. The number of methoxy groups -OCH3 is 1. The highest BCUT2D eigenvalue weighted by atomic mass is 79.9. The van der Waals surface area contributed by atoms with E-state index in [4.69, 9.17) is 21.7 Å². The molecule has 0 radical (unpaired) electrons. The maximum absolute atomic E-state index is 13.1. The second kappa shape index (κ2) is 10.9. The highest BCUT2D eigenvalue weighted by Gasteiger charge is 2.21. The van der Waals surface area contributed by atoms with E-state index in [1.165, 1.54) is 19.2 Å². The third-order valence-corrected chi connectivity index (χ3v) is 6.27. The summed E-state index contributed by atoms with van der Waals surface area (Å²) in [5.74, 6) is 0.0954. The lowest BCUT2D eigenvalue weighted by molar-refractivity contribution is 0.102. The third-order valence-electron chi connectivity index (χ3n) is 5.58. The predicted molar refractivity (Wildman–Crippen MR) is 140 cm³/mol. The van der Waals surface area contributed by atoms with E-state index >= 15 is 0 Å². The summed E-state index contributed by atoms with van der Waals surface area (Å²) in [5, 5.41) is 14.1. The Labute approximate surface area is 216 Å². The minimum atomic E-state index is -0.509. The lowest BCUT2D eigenvalue weighted by Gasteiger charge is -2.19. The van der Waals surface area contributed by atoms with Crippen molar-refractivity contribution in [2.24, 2.45) is 0 Å². The van der Waals surface area contributed by atoms with Gasteiger partial charge in [-0.15, -0.1) is 0 Å². The molecule has 0 aliphatic carbocycles. The lowest BCUT2D eigenvalue weighted by Crippen LogP contribution is -2.27. The van der Waals surface area contributed by atoms with Gasteiger partial charge in [0.2, 0.25) is 0 Å². The lowest BCUT2D eigenvalue weighted by atomic mass is 10.1. The van der Waals surface area contributed by atoms with Crippen LogP contribution >= 0.6 is 27.5 Å². The number of rotatable bonds is 6. The number of anilines is 2. The van der Waals surface area contributed by atoms with E-state index in [1.807, 2.05) is 4.90 Å². The molecule has 1 aromatic heterocycles. The van der Waals surface area contributed by atoms with Crippen LogP contribution in [-0.4, -0.2) is 47.7 Å². The molecule has 1 saturated heterocycles. The molecule has 4 rings (SSSR count). The van der Waals surface area contributed by atoms with Gasteiger partial charge in [-0.3, -0.25) is 15.0 Å². The number of aromatic nitrogens is 1. The number of halogens is 2. The van der Waals surface area contributed by atoms with Crippen LogP contribution in [0, 0.1) is 5.41 Å². The zero-order chi connectivity index (χ0) is 24.9. The molecule has 1 aliphatic rings. The fourth-order valence-corrected chi connectivity index (χ4v) is 4.22. The summed E-state index contributed by atoms with van der Waals surface area (Å²) in [4.78, 5) is 32.3. The van der Waals surface area contributed by atoms with E-state index in [1.54, 1.807) is 42.6 Å². The molecule has 0 unspecified atom stereocenters. The number of nitrogens with zero attached hydrogens (tertiary/aromatic N) is 2. The Kier molecular flexibility index (Phi) is 7.67. The van der Waals surface area contributed by atoms with E-state index in [-0.39, 0.29) is 22.0 Å². The van der Waals surface area contributed by atoms with E-state index < -0.39 is 11.8 Å². The Morgan fingerprint density at radius 3 is 2.34 bits per heavy atom. The van der Waals surface area contributed by atoms with Crippen LogP contribution in [0.15, 0.2) is 59.2 Å². The molecule has 8 nitrogen and oxygen atoms in total. The summed E-state index contributed by atoms with van der Waals surface area (Å²) in [5.41, 5.74) is 1.43. The fraction of sp³-hybridized carbons (Fsp3) is 0.200. The number of hydrogen-bond donors (Lipinski definition) is 3. The Bertz CT molecular complexity index is 1260. The summed E-state index contributed by atoms with van der Waals surface area (Å²) in [6, 6.07) is 13.2. The number of amidine groups is 1.